The fourth-order valence-corrected chi connectivity index (χ4v) is 7.21. The number of carboxylic acids is 1. The number of hydrogen-bond donors (Lipinski definition) is 3. The maximum atomic E-state index is 12.0. The molecule has 2 aliphatic carbocycles. The molecule has 4 atom stereocenters. The van der Waals surface area contributed by atoms with Crippen molar-refractivity contribution >= 4 is 16.9 Å². The molecule has 2 saturated carbocycles. The van der Waals surface area contributed by atoms with E-state index in [1.54, 1.807) is 6.26 Å². The molecule has 4 fully saturated rings. The Morgan fingerprint density at radius 1 is 1.22 bits per heavy atom. The van der Waals surface area contributed by atoms with E-state index in [-0.39, 0.29) is 18.0 Å². The van der Waals surface area contributed by atoms with Gasteiger partial charge in [0, 0.05) is 34.7 Å². The van der Waals surface area contributed by atoms with Gasteiger partial charge in [0.25, 0.3) is 0 Å². The van der Waals surface area contributed by atoms with Crippen molar-refractivity contribution in [2.45, 2.75) is 69.7 Å². The van der Waals surface area contributed by atoms with Gasteiger partial charge in [0.2, 0.25) is 0 Å². The topological polar surface area (TPSA) is 89.7 Å². The van der Waals surface area contributed by atoms with Crippen LogP contribution in [0.25, 0.3) is 22.2 Å². The standard InChI is InChI=1S/C26H30N2O4/c1-15(20-14-27-21-5-2-4-19(24(20)21)22-6-3-7-32-22)8-23(29)28-17-9-16-10-18(28)13-26(11-16,12-17)25(30)31/h2-7,14-18,23,27,29H,8-13H2,1H3,(H,30,31). The van der Waals surface area contributed by atoms with Gasteiger partial charge in [0.05, 0.1) is 11.7 Å². The highest BCUT2D eigenvalue weighted by molar-refractivity contribution is 5.96. The number of hydrogen-bond acceptors (Lipinski definition) is 4. The van der Waals surface area contributed by atoms with Crippen molar-refractivity contribution in [1.82, 2.24) is 9.88 Å². The Morgan fingerprint density at radius 3 is 2.69 bits per heavy atom. The van der Waals surface area contributed by atoms with Crippen molar-refractivity contribution < 1.29 is 19.4 Å². The van der Waals surface area contributed by atoms with Gasteiger partial charge < -0.3 is 19.6 Å². The molecule has 3 aromatic rings. The lowest BCUT2D eigenvalue weighted by atomic mass is 9.55. The monoisotopic (exact) mass is 434 g/mol. The molecule has 0 radical (unpaired) electrons. The largest absolute Gasteiger partial charge is 0.481 e. The minimum absolute atomic E-state index is 0.139. The molecule has 32 heavy (non-hydrogen) atoms. The third-order valence-corrected chi connectivity index (χ3v) is 8.40. The number of carbonyl (C=O) groups is 1. The molecule has 6 nitrogen and oxygen atoms in total. The number of aromatic amines is 1. The summed E-state index contributed by atoms with van der Waals surface area (Å²) in [5.74, 6) is 0.839. The average Bonchev–Trinajstić information content (AvgIpc) is 3.43. The number of furan rings is 1. The van der Waals surface area contributed by atoms with Crippen LogP contribution in [-0.4, -0.2) is 44.4 Å². The predicted molar refractivity (Wildman–Crippen MR) is 121 cm³/mol. The Balaban J connectivity index is 1.26. The summed E-state index contributed by atoms with van der Waals surface area (Å²) in [6.45, 7) is 2.17. The molecule has 2 aliphatic heterocycles. The van der Waals surface area contributed by atoms with E-state index < -0.39 is 17.6 Å². The lowest BCUT2D eigenvalue weighted by molar-refractivity contribution is -0.192. The highest BCUT2D eigenvalue weighted by atomic mass is 16.4. The first kappa shape index (κ1) is 20.1. The number of aromatic nitrogens is 1. The van der Waals surface area contributed by atoms with Crippen LogP contribution in [0.3, 0.4) is 0 Å². The molecule has 4 aliphatic rings. The first-order chi connectivity index (χ1) is 15.4. The molecule has 3 N–H and O–H groups in total. The highest BCUT2D eigenvalue weighted by Gasteiger charge is 2.59. The number of nitrogens with one attached hydrogen (secondary N) is 1. The minimum Gasteiger partial charge on any atom is -0.481 e. The van der Waals surface area contributed by atoms with E-state index in [1.807, 2.05) is 18.2 Å². The van der Waals surface area contributed by atoms with Crippen LogP contribution in [0, 0.1) is 11.3 Å². The SMILES string of the molecule is CC(CC(O)N1C2CC3CC1CC(C(=O)O)(C3)C2)c1c[nH]c2cccc(-c3ccco3)c12. The van der Waals surface area contributed by atoms with Crippen LogP contribution < -0.4 is 0 Å². The van der Waals surface area contributed by atoms with Gasteiger partial charge in [-0.15, -0.1) is 0 Å². The summed E-state index contributed by atoms with van der Waals surface area (Å²) >= 11 is 0. The Morgan fingerprint density at radius 2 is 2.00 bits per heavy atom. The van der Waals surface area contributed by atoms with Crippen LogP contribution in [-0.2, 0) is 4.79 Å². The Kier molecular flexibility index (Phi) is 4.53. The van der Waals surface area contributed by atoms with Crippen LogP contribution in [0.2, 0.25) is 0 Å². The zero-order valence-electron chi connectivity index (χ0n) is 18.3. The molecule has 2 saturated heterocycles. The number of carboxylic acid groups (broad SMARTS) is 1. The smallest absolute Gasteiger partial charge is 0.309 e. The van der Waals surface area contributed by atoms with Crippen LogP contribution in [0.15, 0.2) is 47.2 Å². The van der Waals surface area contributed by atoms with Gasteiger partial charge in [-0.3, -0.25) is 9.69 Å². The molecule has 4 unspecified atom stereocenters. The lowest BCUT2D eigenvalue weighted by Crippen LogP contribution is -2.66. The third kappa shape index (κ3) is 2.96. The van der Waals surface area contributed by atoms with Crippen molar-refractivity contribution in [3.8, 4) is 11.3 Å². The molecule has 1 aromatic carbocycles. The molecule has 4 heterocycles. The summed E-state index contributed by atoms with van der Waals surface area (Å²) in [5.41, 5.74) is 2.74. The van der Waals surface area contributed by atoms with E-state index in [0.717, 1.165) is 41.5 Å². The number of fused-ring (bicyclic) bond motifs is 1. The fourth-order valence-electron chi connectivity index (χ4n) is 7.21. The zero-order valence-corrected chi connectivity index (χ0v) is 18.3. The predicted octanol–water partition coefficient (Wildman–Crippen LogP) is 4.96. The number of aliphatic carboxylic acids is 1. The van der Waals surface area contributed by atoms with Crippen molar-refractivity contribution in [2.75, 3.05) is 0 Å². The second kappa shape index (κ2) is 7.22. The maximum Gasteiger partial charge on any atom is 0.309 e. The zero-order chi connectivity index (χ0) is 22.0. The average molecular weight is 435 g/mol. The molecule has 4 bridgehead atoms. The van der Waals surface area contributed by atoms with Gasteiger partial charge in [-0.2, -0.15) is 0 Å². The Labute approximate surface area is 187 Å². The van der Waals surface area contributed by atoms with Gasteiger partial charge in [-0.1, -0.05) is 19.1 Å². The highest BCUT2D eigenvalue weighted by Crippen LogP contribution is 2.57. The summed E-state index contributed by atoms with van der Waals surface area (Å²) in [5, 5.41) is 22.4. The first-order valence-corrected chi connectivity index (χ1v) is 11.8. The van der Waals surface area contributed by atoms with Crippen molar-refractivity contribution in [3.63, 3.8) is 0 Å². The summed E-state index contributed by atoms with van der Waals surface area (Å²) in [4.78, 5) is 17.7. The number of H-pyrrole nitrogens is 1. The Bertz CT molecular complexity index is 1130. The van der Waals surface area contributed by atoms with E-state index >= 15 is 0 Å². The van der Waals surface area contributed by atoms with E-state index in [2.05, 4.69) is 35.1 Å². The molecule has 0 amide bonds. The van der Waals surface area contributed by atoms with Crippen LogP contribution in [0.4, 0.5) is 0 Å². The molecular formula is C26H30N2O4. The number of piperidine rings is 2. The van der Waals surface area contributed by atoms with Crippen LogP contribution >= 0.6 is 0 Å². The van der Waals surface area contributed by atoms with Crippen molar-refractivity contribution in [1.29, 1.82) is 0 Å². The molecule has 0 spiro atoms. The van der Waals surface area contributed by atoms with Gasteiger partial charge in [-0.05, 0) is 74.1 Å². The summed E-state index contributed by atoms with van der Waals surface area (Å²) in [6.07, 6.45) is 8.02. The molecule has 6 heteroatoms. The third-order valence-electron chi connectivity index (χ3n) is 8.40. The summed E-state index contributed by atoms with van der Waals surface area (Å²) in [7, 11) is 0. The van der Waals surface area contributed by atoms with E-state index in [1.165, 1.54) is 5.56 Å². The molecule has 168 valence electrons. The second-order valence-electron chi connectivity index (χ2n) is 10.4. The van der Waals surface area contributed by atoms with Crippen molar-refractivity contribution in [2.24, 2.45) is 11.3 Å². The van der Waals surface area contributed by atoms with Gasteiger partial charge in [0.15, 0.2) is 0 Å². The van der Waals surface area contributed by atoms with E-state index in [4.69, 9.17) is 4.42 Å². The van der Waals surface area contributed by atoms with E-state index in [0.29, 0.717) is 25.2 Å². The van der Waals surface area contributed by atoms with Crippen LogP contribution in [0.1, 0.15) is 56.9 Å². The maximum absolute atomic E-state index is 12.0. The second-order valence-corrected chi connectivity index (χ2v) is 10.4. The van der Waals surface area contributed by atoms with Gasteiger partial charge in [0.1, 0.15) is 12.0 Å². The number of nitrogens with zero attached hydrogens (tertiary/aromatic N) is 1. The van der Waals surface area contributed by atoms with E-state index in [9.17, 15) is 15.0 Å². The summed E-state index contributed by atoms with van der Waals surface area (Å²) < 4.78 is 5.68. The molecule has 7 rings (SSSR count). The minimum atomic E-state index is -0.636. The first-order valence-electron chi connectivity index (χ1n) is 11.8. The molecule has 2 aromatic heterocycles. The number of aliphatic hydroxyl groups is 1. The van der Waals surface area contributed by atoms with Gasteiger partial charge >= 0.3 is 5.97 Å². The number of benzene rings is 1. The summed E-state index contributed by atoms with van der Waals surface area (Å²) in [6, 6.07) is 10.4. The normalized spacial score (nSPS) is 31.2. The lowest BCUT2D eigenvalue weighted by Gasteiger charge is -2.61. The quantitative estimate of drug-likeness (QED) is 0.510. The number of aliphatic hydroxyl groups excluding tert-OH is 1. The van der Waals surface area contributed by atoms with Crippen LogP contribution in [0.5, 0.6) is 0 Å². The number of rotatable bonds is 6. The molecular weight excluding hydrogens is 404 g/mol. The fraction of sp³-hybridized carbons (Fsp3) is 0.500. The van der Waals surface area contributed by atoms with Crippen molar-refractivity contribution in [3.05, 3.63) is 48.4 Å². The van der Waals surface area contributed by atoms with Gasteiger partial charge in [-0.25, -0.2) is 0 Å². The Hall–Kier alpha value is -2.57.